The Morgan fingerprint density at radius 2 is 2.03 bits per heavy atom. The first-order valence-corrected chi connectivity index (χ1v) is 11.0. The molecular formula is C22H26N2O5S. The standard InChI is InChI=1S/C22H26N2O5S/c1-4-9-27-11-16-10-22(18(25)28-16)13-21(3,29-19(22)26)17-12-30-20(24-17)23-15-7-5-14(2)6-8-15/h5-8,12,16H,4,9-11,13H2,1-3H3,(H,23,24)/t16?,21?,22-/m0/s1. The number of ether oxygens (including phenoxy) is 3. The monoisotopic (exact) mass is 430 g/mol. The fourth-order valence-corrected chi connectivity index (χ4v) is 4.86. The molecule has 3 heterocycles. The van der Waals surface area contributed by atoms with E-state index in [2.05, 4.69) is 10.3 Å². The van der Waals surface area contributed by atoms with Crippen LogP contribution in [0.3, 0.4) is 0 Å². The molecule has 8 heteroatoms. The zero-order valence-corrected chi connectivity index (χ0v) is 18.2. The maximum atomic E-state index is 12.8. The summed E-state index contributed by atoms with van der Waals surface area (Å²) in [6.45, 7) is 6.74. The number of nitrogens with zero attached hydrogens (tertiary/aromatic N) is 1. The molecule has 2 fully saturated rings. The lowest BCUT2D eigenvalue weighted by molar-refractivity contribution is -0.160. The number of aryl methyl sites for hydroxylation is 1. The summed E-state index contributed by atoms with van der Waals surface area (Å²) in [5.41, 5.74) is 0.492. The van der Waals surface area contributed by atoms with Gasteiger partial charge >= 0.3 is 11.9 Å². The second-order valence-corrected chi connectivity index (χ2v) is 9.07. The number of rotatable bonds is 7. The first-order chi connectivity index (χ1) is 14.3. The molecule has 0 saturated carbocycles. The third-order valence-electron chi connectivity index (χ3n) is 5.59. The summed E-state index contributed by atoms with van der Waals surface area (Å²) in [5, 5.41) is 5.83. The highest BCUT2D eigenvalue weighted by Gasteiger charge is 2.65. The lowest BCUT2D eigenvalue weighted by atomic mass is 9.78. The molecular weight excluding hydrogens is 404 g/mol. The Hall–Kier alpha value is -2.45. The number of nitrogens with one attached hydrogen (secondary N) is 1. The normalized spacial score (nSPS) is 28.0. The van der Waals surface area contributed by atoms with Crippen LogP contribution in [-0.2, 0) is 29.4 Å². The van der Waals surface area contributed by atoms with Crippen LogP contribution in [0.25, 0.3) is 0 Å². The van der Waals surface area contributed by atoms with Crippen LogP contribution in [0.4, 0.5) is 10.8 Å². The molecule has 3 atom stereocenters. The Kier molecular flexibility index (Phi) is 5.55. The van der Waals surface area contributed by atoms with Gasteiger partial charge in [-0.15, -0.1) is 11.3 Å². The number of hydrogen-bond acceptors (Lipinski definition) is 8. The third kappa shape index (κ3) is 3.81. The molecule has 1 aromatic heterocycles. The topological polar surface area (TPSA) is 86.8 Å². The van der Waals surface area contributed by atoms with Gasteiger partial charge in [0.25, 0.3) is 0 Å². The lowest BCUT2D eigenvalue weighted by Gasteiger charge is -2.20. The average molecular weight is 431 g/mol. The number of cyclic esters (lactones) is 2. The number of carbonyl (C=O) groups excluding carboxylic acids is 2. The molecule has 0 aliphatic carbocycles. The van der Waals surface area contributed by atoms with Crippen LogP contribution < -0.4 is 5.32 Å². The molecule has 2 aromatic rings. The van der Waals surface area contributed by atoms with Gasteiger partial charge in [-0.25, -0.2) is 4.98 Å². The number of anilines is 2. The fourth-order valence-electron chi connectivity index (χ4n) is 4.00. The zero-order chi connectivity index (χ0) is 21.4. The van der Waals surface area contributed by atoms with Crippen molar-refractivity contribution in [3.8, 4) is 0 Å². The van der Waals surface area contributed by atoms with E-state index in [9.17, 15) is 9.59 Å². The number of benzene rings is 1. The van der Waals surface area contributed by atoms with E-state index < -0.39 is 29.1 Å². The molecule has 7 nitrogen and oxygen atoms in total. The van der Waals surface area contributed by atoms with Gasteiger partial charge < -0.3 is 19.5 Å². The number of aromatic nitrogens is 1. The van der Waals surface area contributed by atoms with Crippen LogP contribution in [0.15, 0.2) is 29.6 Å². The SMILES string of the molecule is CCCOCC1C[C@]2(CC(C)(c3csc(Nc4ccc(C)cc4)n3)OC2=O)C(=O)O1. The Labute approximate surface area is 179 Å². The van der Waals surface area contributed by atoms with Crippen LogP contribution in [0.2, 0.25) is 0 Å². The predicted molar refractivity (Wildman–Crippen MR) is 113 cm³/mol. The van der Waals surface area contributed by atoms with Crippen LogP contribution >= 0.6 is 11.3 Å². The average Bonchev–Trinajstić information content (AvgIpc) is 3.36. The molecule has 2 unspecified atom stereocenters. The van der Waals surface area contributed by atoms with Crippen molar-refractivity contribution >= 4 is 34.1 Å². The van der Waals surface area contributed by atoms with Crippen molar-refractivity contribution in [1.82, 2.24) is 4.98 Å². The molecule has 1 aromatic carbocycles. The Balaban J connectivity index is 1.48. The van der Waals surface area contributed by atoms with Gasteiger partial charge in [-0.05, 0) is 32.4 Å². The van der Waals surface area contributed by atoms with Crippen molar-refractivity contribution in [2.24, 2.45) is 5.41 Å². The number of esters is 2. The highest BCUT2D eigenvalue weighted by molar-refractivity contribution is 7.13. The molecule has 30 heavy (non-hydrogen) atoms. The first-order valence-electron chi connectivity index (χ1n) is 10.2. The number of carbonyl (C=O) groups is 2. The van der Waals surface area contributed by atoms with Crippen molar-refractivity contribution in [3.63, 3.8) is 0 Å². The molecule has 1 N–H and O–H groups in total. The Morgan fingerprint density at radius 3 is 2.77 bits per heavy atom. The second kappa shape index (κ2) is 8.00. The van der Waals surface area contributed by atoms with E-state index in [0.29, 0.717) is 24.0 Å². The van der Waals surface area contributed by atoms with Crippen molar-refractivity contribution in [2.45, 2.75) is 51.7 Å². The molecule has 0 bridgehead atoms. The second-order valence-electron chi connectivity index (χ2n) is 8.21. The van der Waals surface area contributed by atoms with Gasteiger partial charge in [0.2, 0.25) is 0 Å². The van der Waals surface area contributed by atoms with Crippen LogP contribution in [0.1, 0.15) is 44.4 Å². The third-order valence-corrected chi connectivity index (χ3v) is 6.35. The molecule has 160 valence electrons. The quantitative estimate of drug-likeness (QED) is 0.402. The molecule has 2 aliphatic heterocycles. The van der Waals surface area contributed by atoms with E-state index in [0.717, 1.165) is 12.1 Å². The first kappa shape index (κ1) is 20.8. The summed E-state index contributed by atoms with van der Waals surface area (Å²) in [4.78, 5) is 30.1. The van der Waals surface area contributed by atoms with E-state index in [1.165, 1.54) is 16.9 Å². The van der Waals surface area contributed by atoms with Crippen molar-refractivity contribution in [2.75, 3.05) is 18.5 Å². The van der Waals surface area contributed by atoms with Crippen LogP contribution in [0, 0.1) is 12.3 Å². The van der Waals surface area contributed by atoms with Gasteiger partial charge in [-0.2, -0.15) is 0 Å². The highest BCUT2D eigenvalue weighted by atomic mass is 32.1. The summed E-state index contributed by atoms with van der Waals surface area (Å²) in [5.74, 6) is -1.05. The minimum atomic E-state index is -1.27. The smallest absolute Gasteiger partial charge is 0.324 e. The van der Waals surface area contributed by atoms with Gasteiger partial charge in [0.15, 0.2) is 16.1 Å². The minimum Gasteiger partial charge on any atom is -0.459 e. The van der Waals surface area contributed by atoms with Gasteiger partial charge in [-0.1, -0.05) is 24.6 Å². The van der Waals surface area contributed by atoms with E-state index in [1.807, 2.05) is 43.5 Å². The maximum absolute atomic E-state index is 12.8. The van der Waals surface area contributed by atoms with Crippen molar-refractivity contribution < 1.29 is 23.8 Å². The molecule has 4 rings (SSSR count). The van der Waals surface area contributed by atoms with Crippen LogP contribution in [0.5, 0.6) is 0 Å². The summed E-state index contributed by atoms with van der Waals surface area (Å²) in [6, 6.07) is 8.01. The molecule has 0 radical (unpaired) electrons. The van der Waals surface area contributed by atoms with Crippen LogP contribution in [-0.4, -0.2) is 36.2 Å². The van der Waals surface area contributed by atoms with Gasteiger partial charge in [0.1, 0.15) is 6.10 Å². The van der Waals surface area contributed by atoms with E-state index >= 15 is 0 Å². The summed E-state index contributed by atoms with van der Waals surface area (Å²) < 4.78 is 16.7. The summed E-state index contributed by atoms with van der Waals surface area (Å²) in [7, 11) is 0. The van der Waals surface area contributed by atoms with Gasteiger partial charge in [0, 0.05) is 30.5 Å². The highest BCUT2D eigenvalue weighted by Crippen LogP contribution is 2.52. The molecule has 0 amide bonds. The Morgan fingerprint density at radius 1 is 1.27 bits per heavy atom. The van der Waals surface area contributed by atoms with Gasteiger partial charge in [-0.3, -0.25) is 9.59 Å². The molecule has 2 aliphatic rings. The molecule has 2 saturated heterocycles. The zero-order valence-electron chi connectivity index (χ0n) is 17.4. The maximum Gasteiger partial charge on any atom is 0.324 e. The lowest BCUT2D eigenvalue weighted by Crippen LogP contribution is -2.32. The van der Waals surface area contributed by atoms with E-state index in [1.54, 1.807) is 6.92 Å². The minimum absolute atomic E-state index is 0.218. The number of hydrogen-bond donors (Lipinski definition) is 1. The van der Waals surface area contributed by atoms with E-state index in [-0.39, 0.29) is 12.8 Å². The summed E-state index contributed by atoms with van der Waals surface area (Å²) in [6.07, 6.45) is 0.959. The predicted octanol–water partition coefficient (Wildman–Crippen LogP) is 4.09. The number of thiazole rings is 1. The largest absolute Gasteiger partial charge is 0.459 e. The summed E-state index contributed by atoms with van der Waals surface area (Å²) >= 11 is 1.43. The van der Waals surface area contributed by atoms with Crippen molar-refractivity contribution in [3.05, 3.63) is 40.9 Å². The molecule has 1 spiro atoms. The van der Waals surface area contributed by atoms with Gasteiger partial charge in [0.05, 0.1) is 12.3 Å². The van der Waals surface area contributed by atoms with Crippen molar-refractivity contribution in [1.29, 1.82) is 0 Å². The fraction of sp³-hybridized carbons (Fsp3) is 0.500. The van der Waals surface area contributed by atoms with E-state index in [4.69, 9.17) is 14.2 Å². The Bertz CT molecular complexity index is 943.